The molecule has 142 valence electrons. The average Bonchev–Trinajstić information content (AvgIpc) is 3.16. The molecule has 0 aliphatic carbocycles. The zero-order valence-corrected chi connectivity index (χ0v) is 16.4. The lowest BCUT2D eigenvalue weighted by Crippen LogP contribution is -2.22. The Labute approximate surface area is 168 Å². The van der Waals surface area contributed by atoms with Crippen LogP contribution in [0.2, 0.25) is 10.0 Å². The van der Waals surface area contributed by atoms with Crippen LogP contribution in [0.25, 0.3) is 0 Å². The number of nitrogens with zero attached hydrogens (tertiary/aromatic N) is 1. The predicted octanol–water partition coefficient (Wildman–Crippen LogP) is 4.70. The zero-order valence-electron chi connectivity index (χ0n) is 14.9. The molecule has 0 unspecified atom stereocenters. The minimum atomic E-state index is -0.734. The van der Waals surface area contributed by atoms with Gasteiger partial charge in [-0.25, -0.2) is 4.79 Å². The van der Waals surface area contributed by atoms with Crippen molar-refractivity contribution < 1.29 is 14.3 Å². The Morgan fingerprint density at radius 1 is 1.11 bits per heavy atom. The van der Waals surface area contributed by atoms with E-state index in [1.54, 1.807) is 6.07 Å². The minimum Gasteiger partial charge on any atom is -0.452 e. The summed E-state index contributed by atoms with van der Waals surface area (Å²) in [5, 5.41) is 3.13. The molecule has 1 heterocycles. The van der Waals surface area contributed by atoms with Gasteiger partial charge in [-0.2, -0.15) is 0 Å². The summed E-state index contributed by atoms with van der Waals surface area (Å²) >= 11 is 11.9. The number of carbonyl (C=O) groups is 2. The van der Waals surface area contributed by atoms with E-state index in [4.69, 9.17) is 27.9 Å². The van der Waals surface area contributed by atoms with Gasteiger partial charge in [-0.15, -0.1) is 0 Å². The fourth-order valence-electron chi connectivity index (χ4n) is 3.04. The van der Waals surface area contributed by atoms with Crippen LogP contribution in [0.5, 0.6) is 0 Å². The third-order valence-electron chi connectivity index (χ3n) is 4.46. The molecule has 3 rings (SSSR count). The second-order valence-corrected chi connectivity index (χ2v) is 7.23. The fourth-order valence-corrected chi connectivity index (χ4v) is 3.59. The molecule has 1 N–H and O–H groups in total. The molecule has 0 saturated carbocycles. The molecule has 0 radical (unpaired) electrons. The molecular weight excluding hydrogens is 387 g/mol. The Morgan fingerprint density at radius 2 is 1.78 bits per heavy atom. The third-order valence-corrected chi connectivity index (χ3v) is 5.09. The van der Waals surface area contributed by atoms with Crippen molar-refractivity contribution in [3.05, 3.63) is 57.6 Å². The van der Waals surface area contributed by atoms with Gasteiger partial charge in [0.2, 0.25) is 0 Å². The van der Waals surface area contributed by atoms with Crippen molar-refractivity contribution in [2.75, 3.05) is 29.9 Å². The quantitative estimate of drug-likeness (QED) is 0.731. The molecule has 1 fully saturated rings. The molecule has 0 aromatic heterocycles. The van der Waals surface area contributed by atoms with E-state index in [0.29, 0.717) is 5.69 Å². The topological polar surface area (TPSA) is 58.6 Å². The van der Waals surface area contributed by atoms with Crippen LogP contribution in [0.3, 0.4) is 0 Å². The summed E-state index contributed by atoms with van der Waals surface area (Å²) in [5.74, 6) is -1.16. The second-order valence-electron chi connectivity index (χ2n) is 6.41. The number of carbonyl (C=O) groups excluding carboxylic acids is 2. The van der Waals surface area contributed by atoms with Crippen LogP contribution in [-0.4, -0.2) is 31.6 Å². The molecule has 0 spiro atoms. The first-order valence-electron chi connectivity index (χ1n) is 8.72. The van der Waals surface area contributed by atoms with Gasteiger partial charge in [0.15, 0.2) is 6.61 Å². The van der Waals surface area contributed by atoms with Gasteiger partial charge >= 0.3 is 5.97 Å². The van der Waals surface area contributed by atoms with E-state index in [-0.39, 0.29) is 15.6 Å². The lowest BCUT2D eigenvalue weighted by atomic mass is 10.1. The Kier molecular flexibility index (Phi) is 6.24. The molecular formula is C20H20Cl2N2O3. The van der Waals surface area contributed by atoms with Crippen LogP contribution >= 0.6 is 23.2 Å². The van der Waals surface area contributed by atoms with E-state index >= 15 is 0 Å². The third kappa shape index (κ3) is 4.73. The van der Waals surface area contributed by atoms with Crippen molar-refractivity contribution in [1.82, 2.24) is 0 Å². The Balaban J connectivity index is 1.58. The minimum absolute atomic E-state index is 0.0554. The maximum atomic E-state index is 12.1. The number of benzene rings is 2. The van der Waals surface area contributed by atoms with Crippen molar-refractivity contribution in [2.45, 2.75) is 19.8 Å². The van der Waals surface area contributed by atoms with Crippen LogP contribution < -0.4 is 10.2 Å². The Morgan fingerprint density at radius 3 is 2.41 bits per heavy atom. The van der Waals surface area contributed by atoms with E-state index < -0.39 is 18.5 Å². The summed E-state index contributed by atoms with van der Waals surface area (Å²) in [6.45, 7) is 3.63. The largest absolute Gasteiger partial charge is 0.452 e. The van der Waals surface area contributed by atoms with Gasteiger partial charge in [0.1, 0.15) is 0 Å². The fraction of sp³-hybridized carbons (Fsp3) is 0.300. The maximum absolute atomic E-state index is 12.1. The highest BCUT2D eigenvalue weighted by Gasteiger charge is 2.18. The SMILES string of the molecule is Cc1cc(N2CCCC2)ccc1NC(=O)COC(=O)c1c(Cl)cccc1Cl. The molecule has 1 aliphatic heterocycles. The van der Waals surface area contributed by atoms with Crippen LogP contribution in [0.4, 0.5) is 11.4 Å². The first kappa shape index (κ1) is 19.5. The number of hydrogen-bond acceptors (Lipinski definition) is 4. The molecule has 27 heavy (non-hydrogen) atoms. The molecule has 1 saturated heterocycles. The molecule has 2 aromatic carbocycles. The first-order valence-corrected chi connectivity index (χ1v) is 9.48. The van der Waals surface area contributed by atoms with Crippen LogP contribution in [0.15, 0.2) is 36.4 Å². The highest BCUT2D eigenvalue weighted by atomic mass is 35.5. The van der Waals surface area contributed by atoms with Gasteiger partial charge in [-0.05, 0) is 55.7 Å². The highest BCUT2D eigenvalue weighted by Crippen LogP contribution is 2.26. The van der Waals surface area contributed by atoms with Crippen LogP contribution in [0.1, 0.15) is 28.8 Å². The summed E-state index contributed by atoms with van der Waals surface area (Å²) in [4.78, 5) is 26.6. The van der Waals surface area contributed by atoms with Crippen LogP contribution in [-0.2, 0) is 9.53 Å². The molecule has 0 atom stereocenters. The maximum Gasteiger partial charge on any atom is 0.341 e. The molecule has 7 heteroatoms. The monoisotopic (exact) mass is 406 g/mol. The van der Waals surface area contributed by atoms with Crippen molar-refractivity contribution in [3.8, 4) is 0 Å². The number of rotatable bonds is 5. The summed E-state index contributed by atoms with van der Waals surface area (Å²) in [6.07, 6.45) is 2.41. The number of anilines is 2. The number of halogens is 2. The summed E-state index contributed by atoms with van der Waals surface area (Å²) in [6, 6.07) is 10.6. The average molecular weight is 407 g/mol. The molecule has 0 bridgehead atoms. The standard InChI is InChI=1S/C20H20Cl2N2O3/c1-13-11-14(24-9-2-3-10-24)7-8-17(13)23-18(25)12-27-20(26)19-15(21)5-4-6-16(19)22/h4-8,11H,2-3,9-10,12H2,1H3,(H,23,25). The normalized spacial score (nSPS) is 13.5. The molecule has 1 amide bonds. The van der Waals surface area contributed by atoms with Gasteiger partial charge in [0.05, 0.1) is 15.6 Å². The van der Waals surface area contributed by atoms with Crippen molar-refractivity contribution >= 4 is 46.5 Å². The van der Waals surface area contributed by atoms with E-state index in [0.717, 1.165) is 24.3 Å². The lowest BCUT2D eigenvalue weighted by molar-refractivity contribution is -0.119. The summed E-state index contributed by atoms with van der Waals surface area (Å²) in [7, 11) is 0. The summed E-state index contributed by atoms with van der Waals surface area (Å²) in [5.41, 5.74) is 2.85. The molecule has 5 nitrogen and oxygen atoms in total. The van der Waals surface area contributed by atoms with Gasteiger partial charge in [0, 0.05) is 24.5 Å². The van der Waals surface area contributed by atoms with Crippen LogP contribution in [0, 0.1) is 6.92 Å². The number of nitrogens with one attached hydrogen (secondary N) is 1. The van der Waals surface area contributed by atoms with Gasteiger partial charge in [0.25, 0.3) is 5.91 Å². The molecule has 1 aliphatic rings. The predicted molar refractivity (Wildman–Crippen MR) is 108 cm³/mol. The van der Waals surface area contributed by atoms with Gasteiger partial charge in [-0.3, -0.25) is 4.79 Å². The van der Waals surface area contributed by atoms with Crippen molar-refractivity contribution in [1.29, 1.82) is 0 Å². The van der Waals surface area contributed by atoms with E-state index in [2.05, 4.69) is 16.3 Å². The van der Waals surface area contributed by atoms with Crippen molar-refractivity contribution in [3.63, 3.8) is 0 Å². The number of amides is 1. The zero-order chi connectivity index (χ0) is 19.4. The lowest BCUT2D eigenvalue weighted by Gasteiger charge is -2.19. The number of esters is 1. The molecule has 2 aromatic rings. The number of aryl methyl sites for hydroxylation is 1. The van der Waals surface area contributed by atoms with Gasteiger partial charge < -0.3 is 15.0 Å². The summed E-state index contributed by atoms with van der Waals surface area (Å²) < 4.78 is 5.04. The smallest absolute Gasteiger partial charge is 0.341 e. The Bertz CT molecular complexity index is 844. The Hall–Kier alpha value is -2.24. The number of ether oxygens (including phenoxy) is 1. The van der Waals surface area contributed by atoms with Crippen molar-refractivity contribution in [2.24, 2.45) is 0 Å². The van der Waals surface area contributed by atoms with E-state index in [1.165, 1.54) is 25.0 Å². The van der Waals surface area contributed by atoms with Gasteiger partial charge in [-0.1, -0.05) is 29.3 Å². The highest BCUT2D eigenvalue weighted by molar-refractivity contribution is 6.39. The van der Waals surface area contributed by atoms with E-state index in [9.17, 15) is 9.59 Å². The van der Waals surface area contributed by atoms with E-state index in [1.807, 2.05) is 19.1 Å². The second kappa shape index (κ2) is 8.63. The first-order chi connectivity index (χ1) is 13.0. The number of hydrogen-bond donors (Lipinski definition) is 1.